The van der Waals surface area contributed by atoms with Gasteiger partial charge in [-0.05, 0) is 30.9 Å². The van der Waals surface area contributed by atoms with E-state index in [1.807, 2.05) is 18.2 Å². The van der Waals surface area contributed by atoms with Gasteiger partial charge in [-0.15, -0.1) is 0 Å². The SMILES string of the molecule is CC(=O)CC[C@@H]1C(=O)CCc2ccccc21. The smallest absolute Gasteiger partial charge is 0.140 e. The van der Waals surface area contributed by atoms with E-state index in [9.17, 15) is 9.59 Å². The van der Waals surface area contributed by atoms with Crippen molar-refractivity contribution < 1.29 is 9.59 Å². The summed E-state index contributed by atoms with van der Waals surface area (Å²) >= 11 is 0. The molecule has 0 saturated heterocycles. The van der Waals surface area contributed by atoms with Crippen molar-refractivity contribution >= 4 is 11.6 Å². The summed E-state index contributed by atoms with van der Waals surface area (Å²) in [5, 5.41) is 0. The molecular weight excluding hydrogens is 200 g/mol. The van der Waals surface area contributed by atoms with Gasteiger partial charge in [0.05, 0.1) is 0 Å². The number of rotatable bonds is 3. The molecule has 16 heavy (non-hydrogen) atoms. The Balaban J connectivity index is 2.23. The van der Waals surface area contributed by atoms with Crippen LogP contribution in [-0.2, 0) is 16.0 Å². The first kappa shape index (κ1) is 11.1. The molecule has 0 unspecified atom stereocenters. The molecule has 0 bridgehead atoms. The van der Waals surface area contributed by atoms with Crippen LogP contribution in [0.2, 0.25) is 0 Å². The first-order valence-corrected chi connectivity index (χ1v) is 5.78. The van der Waals surface area contributed by atoms with E-state index in [4.69, 9.17) is 0 Å². The van der Waals surface area contributed by atoms with E-state index >= 15 is 0 Å². The molecule has 1 aromatic carbocycles. The van der Waals surface area contributed by atoms with Crippen LogP contribution in [0.4, 0.5) is 0 Å². The maximum Gasteiger partial charge on any atom is 0.140 e. The zero-order chi connectivity index (χ0) is 11.5. The minimum absolute atomic E-state index is 0.0474. The molecule has 2 nitrogen and oxygen atoms in total. The molecule has 0 spiro atoms. The standard InChI is InChI=1S/C14H16O2/c1-10(15)6-8-13-12-5-3-2-4-11(12)7-9-14(13)16/h2-5,13H,6-9H2,1H3/t13-/m0/s1. The molecule has 84 valence electrons. The molecule has 2 heteroatoms. The van der Waals surface area contributed by atoms with Crippen LogP contribution in [0.5, 0.6) is 0 Å². The normalized spacial score (nSPS) is 19.3. The molecule has 0 N–H and O–H groups in total. The third kappa shape index (κ3) is 2.21. The summed E-state index contributed by atoms with van der Waals surface area (Å²) in [6.07, 6.45) is 2.65. The summed E-state index contributed by atoms with van der Waals surface area (Å²) in [6, 6.07) is 8.09. The monoisotopic (exact) mass is 216 g/mol. The fraction of sp³-hybridized carbons (Fsp3) is 0.429. The van der Waals surface area contributed by atoms with E-state index in [2.05, 4.69) is 6.07 Å². The number of Topliss-reactive ketones (excluding diaryl/α,β-unsaturated/α-hetero) is 2. The maximum atomic E-state index is 11.9. The number of benzene rings is 1. The lowest BCUT2D eigenvalue weighted by Crippen LogP contribution is -2.21. The summed E-state index contributed by atoms with van der Waals surface area (Å²) in [4.78, 5) is 22.9. The Labute approximate surface area is 95.7 Å². The van der Waals surface area contributed by atoms with Crippen molar-refractivity contribution in [2.24, 2.45) is 0 Å². The summed E-state index contributed by atoms with van der Waals surface area (Å²) < 4.78 is 0. The van der Waals surface area contributed by atoms with Crippen molar-refractivity contribution in [1.82, 2.24) is 0 Å². The van der Waals surface area contributed by atoms with E-state index in [1.165, 1.54) is 5.56 Å². The van der Waals surface area contributed by atoms with Crippen LogP contribution in [0.1, 0.15) is 43.2 Å². The third-order valence-electron chi connectivity index (χ3n) is 3.24. The molecule has 0 aliphatic heterocycles. The highest BCUT2D eigenvalue weighted by Gasteiger charge is 2.26. The summed E-state index contributed by atoms with van der Waals surface area (Å²) in [6.45, 7) is 1.58. The highest BCUT2D eigenvalue weighted by atomic mass is 16.1. The Bertz CT molecular complexity index is 420. The van der Waals surface area contributed by atoms with Crippen LogP contribution in [-0.4, -0.2) is 11.6 Å². The van der Waals surface area contributed by atoms with Gasteiger partial charge in [-0.2, -0.15) is 0 Å². The van der Waals surface area contributed by atoms with Crippen molar-refractivity contribution in [3.05, 3.63) is 35.4 Å². The van der Waals surface area contributed by atoms with Gasteiger partial charge in [0.2, 0.25) is 0 Å². The lowest BCUT2D eigenvalue weighted by atomic mass is 9.79. The average molecular weight is 216 g/mol. The number of fused-ring (bicyclic) bond motifs is 1. The minimum atomic E-state index is -0.0474. The highest BCUT2D eigenvalue weighted by Crippen LogP contribution is 2.32. The number of ketones is 2. The molecule has 1 aliphatic carbocycles. The zero-order valence-corrected chi connectivity index (χ0v) is 9.53. The lowest BCUT2D eigenvalue weighted by molar-refractivity contribution is -0.121. The minimum Gasteiger partial charge on any atom is -0.300 e. The number of carbonyl (C=O) groups is 2. The van der Waals surface area contributed by atoms with Crippen molar-refractivity contribution in [1.29, 1.82) is 0 Å². The molecule has 0 fully saturated rings. The van der Waals surface area contributed by atoms with Gasteiger partial charge in [0.15, 0.2) is 0 Å². The van der Waals surface area contributed by atoms with E-state index in [1.54, 1.807) is 6.92 Å². The highest BCUT2D eigenvalue weighted by molar-refractivity contribution is 5.88. The summed E-state index contributed by atoms with van der Waals surface area (Å²) in [5.41, 5.74) is 2.41. The van der Waals surface area contributed by atoms with Gasteiger partial charge in [0.25, 0.3) is 0 Å². The zero-order valence-electron chi connectivity index (χ0n) is 9.53. The van der Waals surface area contributed by atoms with E-state index < -0.39 is 0 Å². The predicted octanol–water partition coefficient (Wildman–Crippen LogP) is 2.65. The maximum absolute atomic E-state index is 11.9. The lowest BCUT2D eigenvalue weighted by Gasteiger charge is -2.23. The second-order valence-electron chi connectivity index (χ2n) is 4.46. The van der Waals surface area contributed by atoms with Gasteiger partial charge in [0, 0.05) is 18.8 Å². The second-order valence-corrected chi connectivity index (χ2v) is 4.46. The number of hydrogen-bond donors (Lipinski definition) is 0. The Morgan fingerprint density at radius 2 is 2.06 bits per heavy atom. The van der Waals surface area contributed by atoms with Gasteiger partial charge in [-0.1, -0.05) is 24.3 Å². The fourth-order valence-electron chi connectivity index (χ4n) is 2.37. The van der Waals surface area contributed by atoms with Crippen molar-refractivity contribution in [3.8, 4) is 0 Å². The first-order chi connectivity index (χ1) is 7.68. The van der Waals surface area contributed by atoms with Gasteiger partial charge in [-0.3, -0.25) is 4.79 Å². The molecule has 0 aromatic heterocycles. The van der Waals surface area contributed by atoms with Gasteiger partial charge in [0.1, 0.15) is 11.6 Å². The summed E-state index contributed by atoms with van der Waals surface area (Å²) in [5.74, 6) is 0.407. The average Bonchev–Trinajstić information content (AvgIpc) is 2.27. The largest absolute Gasteiger partial charge is 0.300 e. The fourth-order valence-corrected chi connectivity index (χ4v) is 2.37. The number of carbonyl (C=O) groups excluding carboxylic acids is 2. The first-order valence-electron chi connectivity index (χ1n) is 5.78. The topological polar surface area (TPSA) is 34.1 Å². The Hall–Kier alpha value is -1.44. The van der Waals surface area contributed by atoms with Crippen LogP contribution >= 0.6 is 0 Å². The van der Waals surface area contributed by atoms with Crippen LogP contribution in [0.15, 0.2) is 24.3 Å². The van der Waals surface area contributed by atoms with Crippen molar-refractivity contribution in [3.63, 3.8) is 0 Å². The van der Waals surface area contributed by atoms with Crippen LogP contribution in [0.3, 0.4) is 0 Å². The van der Waals surface area contributed by atoms with Crippen LogP contribution in [0, 0.1) is 0 Å². The van der Waals surface area contributed by atoms with E-state index in [-0.39, 0.29) is 11.7 Å². The van der Waals surface area contributed by atoms with Crippen molar-refractivity contribution in [2.75, 3.05) is 0 Å². The molecule has 2 rings (SSSR count). The van der Waals surface area contributed by atoms with Gasteiger partial charge in [-0.25, -0.2) is 0 Å². The Morgan fingerprint density at radius 1 is 1.31 bits per heavy atom. The Morgan fingerprint density at radius 3 is 2.81 bits per heavy atom. The number of hydrogen-bond acceptors (Lipinski definition) is 2. The third-order valence-corrected chi connectivity index (χ3v) is 3.24. The molecule has 0 radical (unpaired) electrons. The van der Waals surface area contributed by atoms with Crippen LogP contribution < -0.4 is 0 Å². The molecule has 1 atom stereocenters. The molecule has 0 amide bonds. The van der Waals surface area contributed by atoms with Gasteiger partial charge < -0.3 is 4.79 Å². The van der Waals surface area contributed by atoms with E-state index in [0.29, 0.717) is 25.0 Å². The quantitative estimate of drug-likeness (QED) is 0.778. The van der Waals surface area contributed by atoms with Crippen LogP contribution in [0.25, 0.3) is 0 Å². The number of aryl methyl sites for hydroxylation is 1. The predicted molar refractivity (Wildman–Crippen MR) is 62.4 cm³/mol. The van der Waals surface area contributed by atoms with Gasteiger partial charge >= 0.3 is 0 Å². The Kier molecular flexibility index (Phi) is 3.18. The molecule has 1 aromatic rings. The second kappa shape index (κ2) is 4.60. The molecular formula is C14H16O2. The molecule has 0 saturated carbocycles. The van der Waals surface area contributed by atoms with Crippen molar-refractivity contribution in [2.45, 2.75) is 38.5 Å². The molecule has 0 heterocycles. The summed E-state index contributed by atoms with van der Waals surface area (Å²) in [7, 11) is 0. The van der Waals surface area contributed by atoms with E-state index in [0.717, 1.165) is 12.0 Å². The molecule has 1 aliphatic rings.